The first kappa shape index (κ1) is 36.9. The van der Waals surface area contributed by atoms with Gasteiger partial charge in [-0.25, -0.2) is 4.79 Å². The lowest BCUT2D eigenvalue weighted by atomic mass is 9.80. The van der Waals surface area contributed by atoms with Crippen LogP contribution in [-0.2, 0) is 18.8 Å². The van der Waals surface area contributed by atoms with Gasteiger partial charge in [0, 0.05) is 25.7 Å². The van der Waals surface area contributed by atoms with E-state index >= 15 is 0 Å². The maximum absolute atomic E-state index is 14.8. The van der Waals surface area contributed by atoms with Crippen LogP contribution in [0.3, 0.4) is 0 Å². The van der Waals surface area contributed by atoms with Gasteiger partial charge in [0.25, 0.3) is 5.91 Å². The van der Waals surface area contributed by atoms with Gasteiger partial charge >= 0.3 is 5.97 Å². The van der Waals surface area contributed by atoms with Gasteiger partial charge in [0.05, 0.1) is 28.5 Å². The second-order valence-electron chi connectivity index (χ2n) is 13.0. The van der Waals surface area contributed by atoms with E-state index in [1.54, 1.807) is 11.4 Å². The summed E-state index contributed by atoms with van der Waals surface area (Å²) in [7, 11) is -0.590. The zero-order valence-electron chi connectivity index (χ0n) is 29.0. The Kier molecular flexibility index (Phi) is 11.6. The molecule has 0 spiro atoms. The molecule has 0 saturated carbocycles. The summed E-state index contributed by atoms with van der Waals surface area (Å²) < 4.78 is 12.3. The lowest BCUT2D eigenvalue weighted by molar-refractivity contribution is -0.156. The molecular formula is C39H43N2O6PSSi. The summed E-state index contributed by atoms with van der Waals surface area (Å²) in [6, 6.07) is 30.1. The average molecular weight is 727 g/mol. The number of esters is 1. The Balaban J connectivity index is 1.82. The number of amides is 2. The Morgan fingerprint density at radius 3 is 1.92 bits per heavy atom. The first-order valence-electron chi connectivity index (χ1n) is 16.5. The highest BCUT2D eigenvalue weighted by molar-refractivity contribution is 7.96. The Morgan fingerprint density at radius 2 is 1.46 bits per heavy atom. The molecule has 5 rings (SSSR count). The zero-order valence-corrected chi connectivity index (χ0v) is 31.7. The number of hydrogen-bond acceptors (Lipinski definition) is 7. The minimum absolute atomic E-state index is 0.0671. The normalized spacial score (nSPS) is 16.6. The molecule has 3 atom stereocenters. The summed E-state index contributed by atoms with van der Waals surface area (Å²) in [5.41, 5.74) is 0.580. The van der Waals surface area contributed by atoms with E-state index in [4.69, 9.17) is 9.16 Å². The van der Waals surface area contributed by atoms with E-state index in [0.717, 1.165) is 15.9 Å². The van der Waals surface area contributed by atoms with E-state index in [-0.39, 0.29) is 36.0 Å². The molecule has 1 fully saturated rings. The van der Waals surface area contributed by atoms with Crippen LogP contribution in [0.1, 0.15) is 33.4 Å². The third-order valence-corrected chi connectivity index (χ3v) is 14.9. The molecule has 260 valence electrons. The van der Waals surface area contributed by atoms with Gasteiger partial charge in [0.1, 0.15) is 12.0 Å². The van der Waals surface area contributed by atoms with Crippen LogP contribution in [0.15, 0.2) is 115 Å². The molecule has 4 aromatic rings. The minimum atomic E-state index is -3.16. The van der Waals surface area contributed by atoms with Crippen molar-refractivity contribution in [2.75, 3.05) is 13.7 Å². The third-order valence-electron chi connectivity index (χ3n) is 8.56. The predicted octanol–water partition coefficient (Wildman–Crippen LogP) is 5.60. The van der Waals surface area contributed by atoms with Gasteiger partial charge in [-0.2, -0.15) is 0 Å². The van der Waals surface area contributed by atoms with Crippen LogP contribution in [0.2, 0.25) is 19.6 Å². The number of likely N-dealkylation sites (tertiary alicyclic amines) is 1. The highest BCUT2D eigenvalue weighted by atomic mass is 32.1. The smallest absolute Gasteiger partial charge is 0.356 e. The molecule has 1 saturated heterocycles. The fourth-order valence-corrected chi connectivity index (χ4v) is 13.1. The van der Waals surface area contributed by atoms with Crippen LogP contribution in [0.25, 0.3) is 0 Å². The van der Waals surface area contributed by atoms with Crippen LogP contribution in [-0.4, -0.2) is 68.0 Å². The van der Waals surface area contributed by atoms with Gasteiger partial charge in [-0.05, 0) is 48.5 Å². The third kappa shape index (κ3) is 7.39. The number of ether oxygens (including phenoxy) is 1. The van der Waals surface area contributed by atoms with Crippen molar-refractivity contribution in [1.29, 1.82) is 0 Å². The van der Waals surface area contributed by atoms with Crippen molar-refractivity contribution < 1.29 is 28.3 Å². The van der Waals surface area contributed by atoms with Crippen molar-refractivity contribution in [2.24, 2.45) is 5.92 Å². The summed E-state index contributed by atoms with van der Waals surface area (Å²) in [5, 5.41) is 6.79. The second-order valence-corrected chi connectivity index (χ2v) is 21.7. The van der Waals surface area contributed by atoms with Crippen LogP contribution < -0.4 is 21.2 Å². The number of ketones is 1. The summed E-state index contributed by atoms with van der Waals surface area (Å²) >= 11 is 1.18. The number of rotatable bonds is 14. The van der Waals surface area contributed by atoms with Gasteiger partial charge in [-0.1, -0.05) is 104 Å². The second kappa shape index (κ2) is 15.7. The van der Waals surface area contributed by atoms with Crippen LogP contribution >= 0.6 is 18.2 Å². The van der Waals surface area contributed by atoms with Crippen LogP contribution in [0, 0.1) is 5.92 Å². The minimum Gasteiger partial charge on any atom is -0.457 e. The molecule has 8 nitrogen and oxygen atoms in total. The number of nitrogens with zero attached hydrogens (tertiary/aromatic N) is 1. The molecule has 0 bridgehead atoms. The molecule has 2 heterocycles. The Bertz CT molecular complexity index is 1820. The Morgan fingerprint density at radius 1 is 0.940 bits per heavy atom. The molecule has 0 radical (unpaired) electrons. The van der Waals surface area contributed by atoms with Crippen molar-refractivity contribution in [3.63, 3.8) is 0 Å². The SMILES string of the molecule is C=CCOC(=O)C(N1C(=O)[C@H]([C@@H](C)O[Si](C)(C)C)[C@H]1CC(=O)c1cc(C(=O)NC)cs1)=P(c1ccccc1)(c1ccccc1)c1ccccc1. The molecule has 1 aromatic heterocycles. The Hall–Kier alpha value is -4.34. The number of hydrogen-bond donors (Lipinski definition) is 1. The van der Waals surface area contributed by atoms with Crippen LogP contribution in [0.5, 0.6) is 0 Å². The summed E-state index contributed by atoms with van der Waals surface area (Å²) in [4.78, 5) is 57.9. The molecule has 1 aliphatic heterocycles. The van der Waals surface area contributed by atoms with Crippen molar-refractivity contribution in [3.8, 4) is 0 Å². The number of β-lactam (4-membered cyclic amide) rings is 1. The highest BCUT2D eigenvalue weighted by Gasteiger charge is 2.56. The number of carbonyl (C=O) groups excluding carboxylic acids is 4. The number of carbonyl (C=O) groups is 4. The molecule has 1 N–H and O–H groups in total. The van der Waals surface area contributed by atoms with E-state index in [1.807, 2.05) is 97.9 Å². The maximum Gasteiger partial charge on any atom is 0.356 e. The van der Waals surface area contributed by atoms with Gasteiger partial charge in [0.15, 0.2) is 14.1 Å². The van der Waals surface area contributed by atoms with Crippen molar-refractivity contribution in [1.82, 2.24) is 10.2 Å². The van der Waals surface area contributed by atoms with E-state index in [9.17, 15) is 19.2 Å². The van der Waals surface area contributed by atoms with Gasteiger partial charge < -0.3 is 19.4 Å². The van der Waals surface area contributed by atoms with E-state index in [2.05, 4.69) is 31.5 Å². The number of Topliss-reactive ketones (excluding diaryl/α,β-unsaturated/α-hetero) is 1. The van der Waals surface area contributed by atoms with Crippen molar-refractivity contribution >= 4 is 71.4 Å². The highest BCUT2D eigenvalue weighted by Crippen LogP contribution is 2.50. The molecule has 1 aliphatic rings. The monoisotopic (exact) mass is 726 g/mol. The van der Waals surface area contributed by atoms with Crippen molar-refractivity contribution in [2.45, 2.75) is 45.1 Å². The van der Waals surface area contributed by atoms with E-state index in [0.29, 0.717) is 10.4 Å². The largest absolute Gasteiger partial charge is 0.457 e. The van der Waals surface area contributed by atoms with E-state index in [1.165, 1.54) is 29.4 Å². The standard InChI is InChI=1S/C39H43N2O6PSSi/c1-7-23-46-39(45)38(48(29-17-11-8-12-18-29,30-19-13-9-14-20-30)31-21-15-10-16-22-31)41-32(35(37(41)44)27(2)47-50(4,5)6)25-33(42)34-24-28(26-49-34)36(43)40-3/h7-22,24,26-27,32,35H,1,23,25H2,2-6H3,(H,40,43)/t27-,32-,35-/m1/s1. The lowest BCUT2D eigenvalue weighted by Gasteiger charge is -2.52. The van der Waals surface area contributed by atoms with Crippen LogP contribution in [0.4, 0.5) is 0 Å². The molecule has 11 heteroatoms. The Labute approximate surface area is 299 Å². The fourth-order valence-electron chi connectivity index (χ4n) is 6.59. The summed E-state index contributed by atoms with van der Waals surface area (Å²) in [6.45, 7) is 8.56. The van der Waals surface area contributed by atoms with Gasteiger partial charge in [-0.3, -0.25) is 14.4 Å². The molecule has 0 aliphatic carbocycles. The zero-order chi connectivity index (χ0) is 36.1. The molecule has 2 amide bonds. The fraction of sp³-hybridized carbons (Fsp3) is 0.256. The molecular weight excluding hydrogens is 684 g/mol. The number of thiophene rings is 1. The number of nitrogens with one attached hydrogen (secondary N) is 1. The predicted molar refractivity (Wildman–Crippen MR) is 206 cm³/mol. The quantitative estimate of drug-likeness (QED) is 0.0454. The van der Waals surface area contributed by atoms with Crippen molar-refractivity contribution in [3.05, 3.63) is 126 Å². The molecule has 3 aromatic carbocycles. The lowest BCUT2D eigenvalue weighted by Crippen LogP contribution is -2.69. The summed E-state index contributed by atoms with van der Waals surface area (Å²) in [5.74, 6) is -2.19. The van der Waals surface area contributed by atoms with E-state index < -0.39 is 39.2 Å². The van der Waals surface area contributed by atoms with Gasteiger partial charge in [0.2, 0.25) is 5.91 Å². The molecule has 50 heavy (non-hydrogen) atoms. The topological polar surface area (TPSA) is 102 Å². The summed E-state index contributed by atoms with van der Waals surface area (Å²) in [6.07, 6.45) is 0.895. The first-order chi connectivity index (χ1) is 23.9. The number of benzene rings is 3. The maximum atomic E-state index is 14.8. The first-order valence-corrected chi connectivity index (χ1v) is 22.6. The van der Waals surface area contributed by atoms with Gasteiger partial charge in [-0.15, -0.1) is 11.3 Å². The molecule has 0 unspecified atom stereocenters. The average Bonchev–Trinajstić information content (AvgIpc) is 3.61.